The molecule has 0 aliphatic carbocycles. The zero-order valence-corrected chi connectivity index (χ0v) is 17.6. The summed E-state index contributed by atoms with van der Waals surface area (Å²) in [6, 6.07) is 6.90. The number of Topliss-reactive ketones (excluding diaryl/α,β-unsaturated/α-hetero) is 1. The fraction of sp³-hybridized carbons (Fsp3) is 0.286. The van der Waals surface area contributed by atoms with Gasteiger partial charge in [-0.3, -0.25) is 4.79 Å². The van der Waals surface area contributed by atoms with Gasteiger partial charge in [0.15, 0.2) is 11.4 Å². The van der Waals surface area contributed by atoms with Crippen LogP contribution in [0.2, 0.25) is 10.0 Å². The Morgan fingerprint density at radius 2 is 2.10 bits per heavy atom. The van der Waals surface area contributed by atoms with Crippen molar-refractivity contribution in [2.24, 2.45) is 7.05 Å². The highest BCUT2D eigenvalue weighted by molar-refractivity contribution is 6.36. The molecule has 0 saturated carbocycles. The number of nitrogens with zero attached hydrogens (tertiary/aromatic N) is 3. The average Bonchev–Trinajstić information content (AvgIpc) is 3.05. The zero-order chi connectivity index (χ0) is 21.0. The Balaban J connectivity index is 1.23. The van der Waals surface area contributed by atoms with Crippen LogP contribution in [0.5, 0.6) is 5.75 Å². The Kier molecular flexibility index (Phi) is 4.41. The quantitative estimate of drug-likeness (QED) is 0.651. The molecule has 30 heavy (non-hydrogen) atoms. The number of ketones is 1. The van der Waals surface area contributed by atoms with E-state index >= 15 is 0 Å². The standard InChI is InChI=1S/C21H18Cl2N4O3/c1-26-3-2-13-4-12(8-24-19(13)26)9-25-20(29)27-10-21(11-27)7-17(28)15-5-14(22)6-16(23)18(15)30-21/h2-6,8H,7,9-11H2,1H3,(H,25,29). The average molecular weight is 445 g/mol. The summed E-state index contributed by atoms with van der Waals surface area (Å²) in [6.07, 6.45) is 3.89. The molecule has 1 saturated heterocycles. The Labute approximate surface area is 182 Å². The van der Waals surface area contributed by atoms with Crippen molar-refractivity contribution in [3.05, 3.63) is 57.8 Å². The lowest BCUT2D eigenvalue weighted by molar-refractivity contribution is -0.0596. The molecule has 2 aliphatic heterocycles. The lowest BCUT2D eigenvalue weighted by Gasteiger charge is -2.51. The van der Waals surface area contributed by atoms with Crippen LogP contribution in [0.3, 0.4) is 0 Å². The maximum Gasteiger partial charge on any atom is 0.317 e. The molecule has 1 fully saturated rings. The molecule has 0 bridgehead atoms. The second-order valence-electron chi connectivity index (χ2n) is 7.85. The first-order valence-corrected chi connectivity index (χ1v) is 10.2. The number of likely N-dealkylation sites (tertiary alicyclic amines) is 1. The third kappa shape index (κ3) is 3.18. The molecule has 5 rings (SSSR count). The SMILES string of the molecule is Cn1ccc2cc(CNC(=O)N3CC4(CC(=O)c5cc(Cl)cc(Cl)c5O4)C3)cnc21. The van der Waals surface area contributed by atoms with Crippen LogP contribution < -0.4 is 10.1 Å². The third-order valence-electron chi connectivity index (χ3n) is 5.56. The molecule has 7 nitrogen and oxygen atoms in total. The van der Waals surface area contributed by atoms with Gasteiger partial charge in [0.2, 0.25) is 0 Å². The van der Waals surface area contributed by atoms with Crippen LogP contribution in [-0.4, -0.2) is 45.0 Å². The molecule has 3 aromatic rings. The van der Waals surface area contributed by atoms with E-state index in [9.17, 15) is 9.59 Å². The van der Waals surface area contributed by atoms with Crippen molar-refractivity contribution in [3.63, 3.8) is 0 Å². The highest BCUT2D eigenvalue weighted by Crippen LogP contribution is 2.43. The molecule has 2 aliphatic rings. The van der Waals surface area contributed by atoms with Crippen molar-refractivity contribution < 1.29 is 14.3 Å². The minimum atomic E-state index is -0.733. The second-order valence-corrected chi connectivity index (χ2v) is 8.69. The highest BCUT2D eigenvalue weighted by Gasteiger charge is 2.52. The number of benzene rings is 1. The van der Waals surface area contributed by atoms with Crippen molar-refractivity contribution in [1.82, 2.24) is 19.8 Å². The Morgan fingerprint density at radius 1 is 1.30 bits per heavy atom. The van der Waals surface area contributed by atoms with Gasteiger partial charge < -0.3 is 19.5 Å². The molecular formula is C21H18Cl2N4O3. The van der Waals surface area contributed by atoms with Gasteiger partial charge in [-0.05, 0) is 29.8 Å². The van der Waals surface area contributed by atoms with Gasteiger partial charge in [0, 0.05) is 36.4 Å². The van der Waals surface area contributed by atoms with Crippen molar-refractivity contribution >= 4 is 46.0 Å². The van der Waals surface area contributed by atoms with E-state index < -0.39 is 5.60 Å². The lowest BCUT2D eigenvalue weighted by atomic mass is 9.84. The number of carbonyl (C=O) groups excluding carboxylic acids is 2. The molecule has 4 heterocycles. The van der Waals surface area contributed by atoms with Crippen LogP contribution in [0.4, 0.5) is 4.79 Å². The molecule has 1 aromatic carbocycles. The summed E-state index contributed by atoms with van der Waals surface area (Å²) in [6.45, 7) is 1.00. The van der Waals surface area contributed by atoms with E-state index in [2.05, 4.69) is 10.3 Å². The number of hydrogen-bond donors (Lipinski definition) is 1. The summed E-state index contributed by atoms with van der Waals surface area (Å²) in [7, 11) is 1.94. The molecule has 1 spiro atoms. The predicted molar refractivity (Wildman–Crippen MR) is 113 cm³/mol. The van der Waals surface area contributed by atoms with Crippen molar-refractivity contribution in [3.8, 4) is 5.75 Å². The van der Waals surface area contributed by atoms with Crippen LogP contribution >= 0.6 is 23.2 Å². The first-order chi connectivity index (χ1) is 14.3. The summed E-state index contributed by atoms with van der Waals surface area (Å²) in [4.78, 5) is 31.2. The van der Waals surface area contributed by atoms with E-state index in [4.69, 9.17) is 27.9 Å². The van der Waals surface area contributed by atoms with E-state index in [0.717, 1.165) is 16.6 Å². The molecule has 0 atom stereocenters. The number of halogens is 2. The number of ether oxygens (including phenoxy) is 1. The summed E-state index contributed by atoms with van der Waals surface area (Å²) in [5.74, 6) is 0.266. The van der Waals surface area contributed by atoms with E-state index in [1.807, 2.05) is 29.9 Å². The maximum atomic E-state index is 12.6. The number of pyridine rings is 1. The number of fused-ring (bicyclic) bond motifs is 2. The second kappa shape index (κ2) is 6.89. The van der Waals surface area contributed by atoms with Crippen molar-refractivity contribution in [2.75, 3.05) is 13.1 Å². The number of hydrogen-bond acceptors (Lipinski definition) is 4. The molecule has 154 valence electrons. The number of carbonyl (C=O) groups is 2. The van der Waals surface area contributed by atoms with Crippen molar-refractivity contribution in [1.29, 1.82) is 0 Å². The minimum Gasteiger partial charge on any atom is -0.481 e. The first kappa shape index (κ1) is 19.2. The van der Waals surface area contributed by atoms with Crippen LogP contribution in [-0.2, 0) is 13.6 Å². The van der Waals surface area contributed by atoms with Gasteiger partial charge in [0.25, 0.3) is 0 Å². The number of nitrogens with one attached hydrogen (secondary N) is 1. The van der Waals surface area contributed by atoms with Crippen LogP contribution in [0, 0.1) is 0 Å². The molecule has 2 aromatic heterocycles. The number of aryl methyl sites for hydroxylation is 1. The fourth-order valence-corrected chi connectivity index (χ4v) is 4.60. The summed E-state index contributed by atoms with van der Waals surface area (Å²) < 4.78 is 8.01. The van der Waals surface area contributed by atoms with Gasteiger partial charge in [-0.1, -0.05) is 23.2 Å². The van der Waals surface area contributed by atoms with Gasteiger partial charge >= 0.3 is 6.03 Å². The van der Waals surface area contributed by atoms with Gasteiger partial charge in [-0.2, -0.15) is 0 Å². The minimum absolute atomic E-state index is 0.0806. The van der Waals surface area contributed by atoms with E-state index in [1.54, 1.807) is 23.2 Å². The van der Waals surface area contributed by atoms with E-state index in [1.165, 1.54) is 0 Å². The van der Waals surface area contributed by atoms with Gasteiger partial charge in [-0.25, -0.2) is 9.78 Å². The Morgan fingerprint density at radius 3 is 2.90 bits per heavy atom. The highest BCUT2D eigenvalue weighted by atomic mass is 35.5. The maximum absolute atomic E-state index is 12.6. The molecule has 1 N–H and O–H groups in total. The van der Waals surface area contributed by atoms with E-state index in [0.29, 0.717) is 41.0 Å². The van der Waals surface area contributed by atoms with Crippen LogP contribution in [0.15, 0.2) is 36.7 Å². The monoisotopic (exact) mass is 444 g/mol. The summed E-state index contributed by atoms with van der Waals surface area (Å²) in [5.41, 5.74) is 1.47. The lowest BCUT2D eigenvalue weighted by Crippen LogP contribution is -2.69. The Bertz CT molecular complexity index is 1200. The molecular weight excluding hydrogens is 427 g/mol. The zero-order valence-electron chi connectivity index (χ0n) is 16.1. The topological polar surface area (TPSA) is 76.5 Å². The summed E-state index contributed by atoms with van der Waals surface area (Å²) in [5, 5.41) is 4.62. The largest absolute Gasteiger partial charge is 0.481 e. The number of aromatic nitrogens is 2. The number of amides is 2. The normalized spacial score (nSPS) is 16.9. The third-order valence-corrected chi connectivity index (χ3v) is 6.06. The molecule has 0 unspecified atom stereocenters. The van der Waals surface area contributed by atoms with Gasteiger partial charge in [0.05, 0.1) is 30.1 Å². The summed E-state index contributed by atoms with van der Waals surface area (Å²) >= 11 is 12.2. The predicted octanol–water partition coefficient (Wildman–Crippen LogP) is 3.81. The first-order valence-electron chi connectivity index (χ1n) is 9.48. The van der Waals surface area contributed by atoms with Crippen LogP contribution in [0.25, 0.3) is 11.0 Å². The van der Waals surface area contributed by atoms with Gasteiger partial charge in [0.1, 0.15) is 11.4 Å². The van der Waals surface area contributed by atoms with E-state index in [-0.39, 0.29) is 18.2 Å². The smallest absolute Gasteiger partial charge is 0.317 e. The fourth-order valence-electron chi connectivity index (χ4n) is 4.07. The molecule has 9 heteroatoms. The molecule has 2 amide bonds. The Hall–Kier alpha value is -2.77. The van der Waals surface area contributed by atoms with Crippen molar-refractivity contribution in [2.45, 2.75) is 18.6 Å². The number of urea groups is 1. The number of rotatable bonds is 2. The van der Waals surface area contributed by atoms with Crippen LogP contribution in [0.1, 0.15) is 22.3 Å². The van der Waals surface area contributed by atoms with Gasteiger partial charge in [-0.15, -0.1) is 0 Å². The molecule has 0 radical (unpaired) electrons.